The Labute approximate surface area is 167 Å². The van der Waals surface area contributed by atoms with E-state index >= 15 is 0 Å². The Balaban J connectivity index is 1.43. The van der Waals surface area contributed by atoms with E-state index < -0.39 is 5.69 Å². The lowest BCUT2D eigenvalue weighted by Gasteiger charge is -2.07. The second-order valence-corrected chi connectivity index (χ2v) is 7.05. The minimum Gasteiger partial charge on any atom is -0.356 e. The maximum atomic E-state index is 12.4. The molecule has 0 aliphatic carbocycles. The van der Waals surface area contributed by atoms with E-state index in [1.54, 1.807) is 24.3 Å². The molecule has 0 spiro atoms. The van der Waals surface area contributed by atoms with Gasteiger partial charge in [-0.1, -0.05) is 35.9 Å². The second-order valence-electron chi connectivity index (χ2n) is 6.62. The fourth-order valence-corrected chi connectivity index (χ4v) is 3.17. The molecule has 2 N–H and O–H groups in total. The molecule has 0 aliphatic heterocycles. The molecule has 146 valence electrons. The van der Waals surface area contributed by atoms with Gasteiger partial charge in [-0.2, -0.15) is 0 Å². The van der Waals surface area contributed by atoms with E-state index in [2.05, 4.69) is 10.3 Å². The number of hydrogen-bond acceptors (Lipinski definition) is 3. The van der Waals surface area contributed by atoms with Gasteiger partial charge in [-0.15, -0.1) is 0 Å². The molecular weight excluding hydrogens is 378 g/mol. The van der Waals surface area contributed by atoms with Crippen LogP contribution in [0.15, 0.2) is 58.1 Å². The van der Waals surface area contributed by atoms with Crippen LogP contribution < -0.4 is 16.6 Å². The summed E-state index contributed by atoms with van der Waals surface area (Å²) in [5, 5.41) is 4.06. The van der Waals surface area contributed by atoms with Crippen molar-refractivity contribution in [2.45, 2.75) is 32.2 Å². The van der Waals surface area contributed by atoms with Crippen molar-refractivity contribution < 1.29 is 4.79 Å². The SMILES string of the molecule is O=C(CCCCn1c(=O)[nH]c2ccccc2c1=O)NCCc1ccc(Cl)cc1. The maximum absolute atomic E-state index is 12.4. The number of carbonyl (C=O) groups excluding carboxylic acids is 1. The summed E-state index contributed by atoms with van der Waals surface area (Å²) in [4.78, 5) is 39.2. The molecule has 0 bridgehead atoms. The lowest BCUT2D eigenvalue weighted by Crippen LogP contribution is -2.35. The molecule has 7 heteroatoms. The third kappa shape index (κ3) is 5.10. The summed E-state index contributed by atoms with van der Waals surface area (Å²) in [5.74, 6) is -0.0336. The van der Waals surface area contributed by atoms with Crippen LogP contribution in [0.5, 0.6) is 0 Å². The summed E-state index contributed by atoms with van der Waals surface area (Å²) in [6.45, 7) is 0.849. The molecule has 0 radical (unpaired) electrons. The van der Waals surface area contributed by atoms with E-state index in [-0.39, 0.29) is 18.0 Å². The van der Waals surface area contributed by atoms with E-state index in [1.165, 1.54) is 4.57 Å². The largest absolute Gasteiger partial charge is 0.356 e. The van der Waals surface area contributed by atoms with Crippen LogP contribution in [-0.2, 0) is 17.8 Å². The van der Waals surface area contributed by atoms with Gasteiger partial charge in [-0.25, -0.2) is 4.79 Å². The van der Waals surface area contributed by atoms with Gasteiger partial charge in [-0.3, -0.25) is 14.2 Å². The summed E-state index contributed by atoms with van der Waals surface area (Å²) in [5.41, 5.74) is 0.927. The summed E-state index contributed by atoms with van der Waals surface area (Å²) in [6.07, 6.45) is 2.28. The fourth-order valence-electron chi connectivity index (χ4n) is 3.04. The van der Waals surface area contributed by atoms with E-state index in [9.17, 15) is 14.4 Å². The Morgan fingerprint density at radius 3 is 2.57 bits per heavy atom. The zero-order chi connectivity index (χ0) is 19.9. The highest BCUT2D eigenvalue weighted by molar-refractivity contribution is 6.30. The summed E-state index contributed by atoms with van der Waals surface area (Å²) >= 11 is 5.85. The van der Waals surface area contributed by atoms with E-state index in [1.807, 2.05) is 24.3 Å². The Hall–Kier alpha value is -2.86. The van der Waals surface area contributed by atoms with Crippen LogP contribution in [0.4, 0.5) is 0 Å². The van der Waals surface area contributed by atoms with E-state index in [0.717, 1.165) is 12.0 Å². The van der Waals surface area contributed by atoms with Crippen molar-refractivity contribution in [2.75, 3.05) is 6.54 Å². The number of nitrogens with zero attached hydrogens (tertiary/aromatic N) is 1. The van der Waals surface area contributed by atoms with Crippen LogP contribution in [0.2, 0.25) is 5.02 Å². The molecule has 3 rings (SSSR count). The average molecular weight is 400 g/mol. The Morgan fingerprint density at radius 2 is 1.79 bits per heavy atom. The topological polar surface area (TPSA) is 84.0 Å². The first-order valence-corrected chi connectivity index (χ1v) is 9.65. The molecule has 3 aromatic rings. The number of hydrogen-bond donors (Lipinski definition) is 2. The van der Waals surface area contributed by atoms with Gasteiger partial charge in [0.05, 0.1) is 10.9 Å². The van der Waals surface area contributed by atoms with Gasteiger partial charge in [0.25, 0.3) is 5.56 Å². The Bertz CT molecular complexity index is 1070. The van der Waals surface area contributed by atoms with Crippen molar-refractivity contribution in [1.29, 1.82) is 0 Å². The molecule has 0 unspecified atom stereocenters. The predicted molar refractivity (Wildman–Crippen MR) is 111 cm³/mol. The first-order valence-electron chi connectivity index (χ1n) is 9.27. The first-order chi connectivity index (χ1) is 13.5. The van der Waals surface area contributed by atoms with Gasteiger partial charge in [0.1, 0.15) is 0 Å². The third-order valence-corrected chi connectivity index (χ3v) is 4.83. The molecule has 0 saturated carbocycles. The number of unbranched alkanes of at least 4 members (excludes halogenated alkanes) is 1. The number of rotatable bonds is 8. The van der Waals surface area contributed by atoms with Crippen molar-refractivity contribution in [3.05, 3.63) is 80.0 Å². The number of carbonyl (C=O) groups is 1. The number of halogens is 1. The quantitative estimate of drug-likeness (QED) is 0.571. The fraction of sp³-hybridized carbons (Fsp3) is 0.286. The molecule has 0 aliphatic rings. The Kier molecular flexibility index (Phi) is 6.66. The first kappa shape index (κ1) is 19.9. The molecule has 0 fully saturated rings. The van der Waals surface area contributed by atoms with Crippen LogP contribution in [0.1, 0.15) is 24.8 Å². The van der Waals surface area contributed by atoms with Crippen molar-refractivity contribution in [1.82, 2.24) is 14.9 Å². The summed E-state index contributed by atoms with van der Waals surface area (Å²) in [7, 11) is 0. The van der Waals surface area contributed by atoms with Crippen LogP contribution in [0.25, 0.3) is 10.9 Å². The van der Waals surface area contributed by atoms with Gasteiger partial charge in [0.15, 0.2) is 0 Å². The molecular formula is C21H22ClN3O3. The third-order valence-electron chi connectivity index (χ3n) is 4.57. The number of amides is 1. The summed E-state index contributed by atoms with van der Waals surface area (Å²) in [6, 6.07) is 14.5. The number of aromatic nitrogens is 2. The van der Waals surface area contributed by atoms with E-state index in [4.69, 9.17) is 11.6 Å². The van der Waals surface area contributed by atoms with Gasteiger partial charge < -0.3 is 10.3 Å². The number of benzene rings is 2. The lowest BCUT2D eigenvalue weighted by molar-refractivity contribution is -0.121. The smallest absolute Gasteiger partial charge is 0.328 e. The lowest BCUT2D eigenvalue weighted by atomic mass is 10.1. The van der Waals surface area contributed by atoms with Crippen molar-refractivity contribution in [3.8, 4) is 0 Å². The highest BCUT2D eigenvalue weighted by atomic mass is 35.5. The molecule has 6 nitrogen and oxygen atoms in total. The van der Waals surface area contributed by atoms with Crippen LogP contribution in [0.3, 0.4) is 0 Å². The highest BCUT2D eigenvalue weighted by Crippen LogP contribution is 2.09. The summed E-state index contributed by atoms with van der Waals surface area (Å²) < 4.78 is 1.20. The monoisotopic (exact) mass is 399 g/mol. The van der Waals surface area contributed by atoms with E-state index in [0.29, 0.717) is 41.7 Å². The van der Waals surface area contributed by atoms with Crippen LogP contribution >= 0.6 is 11.6 Å². The minimum atomic E-state index is -0.420. The molecule has 2 aromatic carbocycles. The standard InChI is InChI=1S/C21H22ClN3O3/c22-16-10-8-15(9-11-16)12-13-23-19(26)7-3-4-14-25-20(27)17-5-1-2-6-18(17)24-21(25)28/h1-2,5-6,8-11H,3-4,7,12-14H2,(H,23,26)(H,24,28). The number of aromatic amines is 1. The molecule has 1 heterocycles. The van der Waals surface area contributed by atoms with Crippen molar-refractivity contribution in [2.24, 2.45) is 0 Å². The molecule has 28 heavy (non-hydrogen) atoms. The van der Waals surface area contributed by atoms with Crippen LogP contribution in [-0.4, -0.2) is 22.0 Å². The zero-order valence-electron chi connectivity index (χ0n) is 15.4. The maximum Gasteiger partial charge on any atom is 0.328 e. The molecule has 1 aromatic heterocycles. The van der Waals surface area contributed by atoms with Gasteiger partial charge in [-0.05, 0) is 49.1 Å². The van der Waals surface area contributed by atoms with Crippen molar-refractivity contribution >= 4 is 28.4 Å². The molecule has 0 saturated heterocycles. The Morgan fingerprint density at radius 1 is 1.04 bits per heavy atom. The van der Waals surface area contributed by atoms with Gasteiger partial charge in [0, 0.05) is 24.5 Å². The molecule has 0 atom stereocenters. The van der Waals surface area contributed by atoms with Gasteiger partial charge >= 0.3 is 5.69 Å². The number of para-hydroxylation sites is 1. The number of H-pyrrole nitrogens is 1. The van der Waals surface area contributed by atoms with Gasteiger partial charge in [0.2, 0.25) is 5.91 Å². The van der Waals surface area contributed by atoms with Crippen molar-refractivity contribution in [3.63, 3.8) is 0 Å². The normalized spacial score (nSPS) is 10.9. The highest BCUT2D eigenvalue weighted by Gasteiger charge is 2.07. The molecule has 1 amide bonds. The predicted octanol–water partition coefficient (Wildman–Crippen LogP) is 2.87. The van der Waals surface area contributed by atoms with Crippen LogP contribution in [0, 0.1) is 0 Å². The number of nitrogens with one attached hydrogen (secondary N) is 2. The number of fused-ring (bicyclic) bond motifs is 1. The second kappa shape index (κ2) is 9.37. The zero-order valence-corrected chi connectivity index (χ0v) is 16.2. The average Bonchev–Trinajstić information content (AvgIpc) is 2.69. The minimum absolute atomic E-state index is 0.0336.